The predicted octanol–water partition coefficient (Wildman–Crippen LogP) is 3.44. The van der Waals surface area contributed by atoms with E-state index in [4.69, 9.17) is 11.6 Å². The molecule has 2 nitrogen and oxygen atoms in total. The van der Waals surface area contributed by atoms with Gasteiger partial charge in [-0.15, -0.1) is 0 Å². The molecule has 0 radical (unpaired) electrons. The summed E-state index contributed by atoms with van der Waals surface area (Å²) in [6.07, 6.45) is 3.78. The van der Waals surface area contributed by atoms with E-state index in [0.717, 1.165) is 30.6 Å². The minimum absolute atomic E-state index is 0.735. The number of anilines is 1. The van der Waals surface area contributed by atoms with Crippen molar-refractivity contribution in [2.24, 2.45) is 0 Å². The number of hydrogen-bond donors (Lipinski definition) is 1. The third-order valence-electron chi connectivity index (χ3n) is 3.17. The Balaban J connectivity index is 2.13. The second-order valence-electron chi connectivity index (χ2n) is 4.82. The van der Waals surface area contributed by atoms with Gasteiger partial charge in [0.05, 0.1) is 10.7 Å². The third kappa shape index (κ3) is 3.36. The molecule has 0 aromatic heterocycles. The number of para-hydroxylation sites is 1. The van der Waals surface area contributed by atoms with Gasteiger partial charge in [0.2, 0.25) is 0 Å². The molecule has 0 bridgehead atoms. The van der Waals surface area contributed by atoms with Crippen molar-refractivity contribution in [2.75, 3.05) is 18.5 Å². The van der Waals surface area contributed by atoms with E-state index in [1.54, 1.807) is 0 Å². The quantitative estimate of drug-likeness (QED) is 0.835. The van der Waals surface area contributed by atoms with E-state index < -0.39 is 0 Å². The fraction of sp³-hybridized carbons (Fsp3) is 0.571. The third-order valence-corrected chi connectivity index (χ3v) is 3.47. The molecular weight excluding hydrogens is 232 g/mol. The minimum atomic E-state index is 0.735. The number of hydrogen-bond acceptors (Lipinski definition) is 2. The molecule has 0 atom stereocenters. The van der Waals surface area contributed by atoms with Gasteiger partial charge in [0.1, 0.15) is 0 Å². The van der Waals surface area contributed by atoms with Crippen LogP contribution in [0.5, 0.6) is 0 Å². The highest BCUT2D eigenvalue weighted by molar-refractivity contribution is 6.33. The molecule has 0 heterocycles. The summed E-state index contributed by atoms with van der Waals surface area (Å²) in [6.45, 7) is 4.16. The van der Waals surface area contributed by atoms with E-state index in [2.05, 4.69) is 30.3 Å². The van der Waals surface area contributed by atoms with Crippen LogP contribution in [0.25, 0.3) is 0 Å². The first-order valence-corrected chi connectivity index (χ1v) is 6.82. The Labute approximate surface area is 109 Å². The van der Waals surface area contributed by atoms with Gasteiger partial charge < -0.3 is 10.2 Å². The van der Waals surface area contributed by atoms with Crippen molar-refractivity contribution in [1.82, 2.24) is 5.32 Å². The highest BCUT2D eigenvalue weighted by Gasteiger charge is 2.21. The first kappa shape index (κ1) is 12.7. The van der Waals surface area contributed by atoms with Crippen molar-refractivity contribution in [2.45, 2.75) is 38.8 Å². The summed E-state index contributed by atoms with van der Waals surface area (Å²) in [4.78, 5) is 2.26. The molecule has 1 fully saturated rings. The Bertz CT molecular complexity index is 374. The van der Waals surface area contributed by atoms with Gasteiger partial charge in [-0.1, -0.05) is 30.7 Å². The summed E-state index contributed by atoms with van der Waals surface area (Å²) in [5, 5.41) is 4.41. The van der Waals surface area contributed by atoms with Gasteiger partial charge >= 0.3 is 0 Å². The van der Waals surface area contributed by atoms with Crippen molar-refractivity contribution >= 4 is 17.3 Å². The molecule has 1 aromatic rings. The molecule has 1 saturated carbocycles. The first-order valence-electron chi connectivity index (χ1n) is 6.44. The first-order chi connectivity index (χ1) is 8.22. The van der Waals surface area contributed by atoms with Crippen LogP contribution >= 0.6 is 11.6 Å². The average molecular weight is 253 g/mol. The molecule has 1 aromatic carbocycles. The molecule has 2 rings (SSSR count). The molecule has 17 heavy (non-hydrogen) atoms. The SMILES string of the molecule is CCCN(C)c1c(Cl)cccc1CNC1CC1. The fourth-order valence-electron chi connectivity index (χ4n) is 2.12. The molecule has 0 aliphatic heterocycles. The van der Waals surface area contributed by atoms with Crippen molar-refractivity contribution in [3.63, 3.8) is 0 Å². The van der Waals surface area contributed by atoms with E-state index >= 15 is 0 Å². The number of rotatable bonds is 6. The molecular formula is C14H21ClN2. The van der Waals surface area contributed by atoms with Crippen LogP contribution in [0.1, 0.15) is 31.7 Å². The van der Waals surface area contributed by atoms with Crippen LogP contribution in [-0.2, 0) is 6.54 Å². The number of halogens is 1. The summed E-state index contributed by atoms with van der Waals surface area (Å²) < 4.78 is 0. The molecule has 1 N–H and O–H groups in total. The summed E-state index contributed by atoms with van der Waals surface area (Å²) >= 11 is 6.32. The lowest BCUT2D eigenvalue weighted by molar-refractivity contribution is 0.685. The second-order valence-corrected chi connectivity index (χ2v) is 5.23. The van der Waals surface area contributed by atoms with E-state index in [1.807, 2.05) is 12.1 Å². The zero-order chi connectivity index (χ0) is 12.3. The summed E-state index contributed by atoms with van der Waals surface area (Å²) in [5.41, 5.74) is 2.49. The Morgan fingerprint density at radius 2 is 2.18 bits per heavy atom. The lowest BCUT2D eigenvalue weighted by atomic mass is 10.1. The van der Waals surface area contributed by atoms with Crippen molar-refractivity contribution in [3.8, 4) is 0 Å². The zero-order valence-corrected chi connectivity index (χ0v) is 11.4. The summed E-state index contributed by atoms with van der Waals surface area (Å²) in [6, 6.07) is 6.92. The molecule has 94 valence electrons. The Kier molecular flexibility index (Phi) is 4.30. The standard InChI is InChI=1S/C14H21ClN2/c1-3-9-17(2)14-11(5-4-6-13(14)15)10-16-12-7-8-12/h4-6,12,16H,3,7-10H2,1-2H3. The molecule has 0 unspecified atom stereocenters. The van der Waals surface area contributed by atoms with Crippen molar-refractivity contribution in [1.29, 1.82) is 0 Å². The van der Waals surface area contributed by atoms with Gasteiger partial charge in [-0.25, -0.2) is 0 Å². The van der Waals surface area contributed by atoms with E-state index in [-0.39, 0.29) is 0 Å². The fourth-order valence-corrected chi connectivity index (χ4v) is 2.46. The van der Waals surface area contributed by atoms with Crippen molar-refractivity contribution < 1.29 is 0 Å². The lowest BCUT2D eigenvalue weighted by Gasteiger charge is -2.23. The number of nitrogens with one attached hydrogen (secondary N) is 1. The van der Waals surface area contributed by atoms with Gasteiger partial charge in [-0.05, 0) is 30.9 Å². The van der Waals surface area contributed by atoms with Crippen molar-refractivity contribution in [3.05, 3.63) is 28.8 Å². The smallest absolute Gasteiger partial charge is 0.0642 e. The maximum Gasteiger partial charge on any atom is 0.0642 e. The Morgan fingerprint density at radius 1 is 1.41 bits per heavy atom. The Hall–Kier alpha value is -0.730. The lowest BCUT2D eigenvalue weighted by Crippen LogP contribution is -2.22. The maximum absolute atomic E-state index is 6.32. The predicted molar refractivity (Wildman–Crippen MR) is 74.9 cm³/mol. The van der Waals surface area contributed by atoms with Gasteiger partial charge in [-0.2, -0.15) is 0 Å². The van der Waals surface area contributed by atoms with Crippen LogP contribution < -0.4 is 10.2 Å². The average Bonchev–Trinajstić information content (AvgIpc) is 3.10. The largest absolute Gasteiger partial charge is 0.373 e. The maximum atomic E-state index is 6.32. The Morgan fingerprint density at radius 3 is 2.82 bits per heavy atom. The van der Waals surface area contributed by atoms with Crippen LogP contribution in [0.15, 0.2) is 18.2 Å². The van der Waals surface area contributed by atoms with Crippen LogP contribution in [-0.4, -0.2) is 19.6 Å². The molecule has 0 amide bonds. The molecule has 1 aliphatic rings. The van der Waals surface area contributed by atoms with E-state index in [9.17, 15) is 0 Å². The zero-order valence-electron chi connectivity index (χ0n) is 10.7. The van der Waals surface area contributed by atoms with Gasteiger partial charge in [0, 0.05) is 26.2 Å². The summed E-state index contributed by atoms with van der Waals surface area (Å²) in [5.74, 6) is 0. The summed E-state index contributed by atoms with van der Waals surface area (Å²) in [7, 11) is 2.12. The van der Waals surface area contributed by atoms with Gasteiger partial charge in [0.15, 0.2) is 0 Å². The van der Waals surface area contributed by atoms with Crippen LogP contribution in [0.3, 0.4) is 0 Å². The highest BCUT2D eigenvalue weighted by Crippen LogP contribution is 2.30. The van der Waals surface area contributed by atoms with Gasteiger partial charge in [0.25, 0.3) is 0 Å². The molecule has 0 saturated heterocycles. The van der Waals surface area contributed by atoms with Gasteiger partial charge in [-0.3, -0.25) is 0 Å². The van der Waals surface area contributed by atoms with E-state index in [1.165, 1.54) is 24.1 Å². The molecule has 3 heteroatoms. The number of benzene rings is 1. The van der Waals surface area contributed by atoms with Crippen LogP contribution in [0, 0.1) is 0 Å². The second kappa shape index (κ2) is 5.74. The van der Waals surface area contributed by atoms with E-state index in [0.29, 0.717) is 0 Å². The molecule has 0 spiro atoms. The van der Waals surface area contributed by atoms with Crippen LogP contribution in [0.4, 0.5) is 5.69 Å². The molecule has 1 aliphatic carbocycles. The topological polar surface area (TPSA) is 15.3 Å². The highest BCUT2D eigenvalue weighted by atomic mass is 35.5. The number of nitrogens with zero attached hydrogens (tertiary/aromatic N) is 1. The van der Waals surface area contributed by atoms with Crippen LogP contribution in [0.2, 0.25) is 5.02 Å². The minimum Gasteiger partial charge on any atom is -0.373 e. The monoisotopic (exact) mass is 252 g/mol. The normalized spacial score (nSPS) is 15.0.